The summed E-state index contributed by atoms with van der Waals surface area (Å²) in [5.74, 6) is 0. The lowest BCUT2D eigenvalue weighted by Gasteiger charge is -2.09. The third-order valence-electron chi connectivity index (χ3n) is 1.75. The van der Waals surface area contributed by atoms with E-state index in [4.69, 9.17) is 0 Å². The van der Waals surface area contributed by atoms with Crippen LogP contribution in [-0.4, -0.2) is 0 Å². The molecule has 1 aromatic rings. The number of aryl methyl sites for hydroxylation is 1. The lowest BCUT2D eigenvalue weighted by Crippen LogP contribution is -1.96. The van der Waals surface area contributed by atoms with Crippen molar-refractivity contribution in [2.75, 3.05) is 5.32 Å². The molecule has 0 atom stereocenters. The summed E-state index contributed by atoms with van der Waals surface area (Å²) in [7, 11) is 0. The van der Waals surface area contributed by atoms with Gasteiger partial charge < -0.3 is 5.32 Å². The van der Waals surface area contributed by atoms with E-state index in [1.54, 1.807) is 6.08 Å². The van der Waals surface area contributed by atoms with E-state index in [9.17, 15) is 0 Å². The second-order valence-corrected chi connectivity index (χ2v) is 3.37. The Morgan fingerprint density at radius 1 is 1.54 bits per heavy atom. The van der Waals surface area contributed by atoms with Crippen molar-refractivity contribution in [3.63, 3.8) is 0 Å². The van der Waals surface area contributed by atoms with E-state index in [-0.39, 0.29) is 0 Å². The molecule has 0 unspecified atom stereocenters. The smallest absolute Gasteiger partial charge is 0.0414 e. The third kappa shape index (κ3) is 2.67. The fourth-order valence-corrected chi connectivity index (χ4v) is 1.28. The van der Waals surface area contributed by atoms with Gasteiger partial charge in [-0.3, -0.25) is 0 Å². The molecular weight excluding hydrogens is 178 g/mol. The molecule has 0 saturated carbocycles. The molecule has 2 heteroatoms. The van der Waals surface area contributed by atoms with Crippen LogP contribution in [0.4, 0.5) is 5.69 Å². The van der Waals surface area contributed by atoms with Crippen LogP contribution >= 0.6 is 12.6 Å². The van der Waals surface area contributed by atoms with E-state index in [0.29, 0.717) is 0 Å². The fraction of sp³-hybridized carbons (Fsp3) is 0.0909. The maximum absolute atomic E-state index is 4.24. The molecule has 68 valence electrons. The Balaban J connectivity index is 2.89. The van der Waals surface area contributed by atoms with Crippen LogP contribution in [-0.2, 0) is 0 Å². The maximum Gasteiger partial charge on any atom is 0.0414 e. The molecular formula is C11H13NS. The largest absolute Gasteiger partial charge is 0.356 e. The first kappa shape index (κ1) is 9.93. The third-order valence-corrected chi connectivity index (χ3v) is 2.03. The van der Waals surface area contributed by atoms with Gasteiger partial charge in [0.15, 0.2) is 0 Å². The lowest BCUT2D eigenvalue weighted by molar-refractivity contribution is 1.34. The Morgan fingerprint density at radius 2 is 2.23 bits per heavy atom. The summed E-state index contributed by atoms with van der Waals surface area (Å²) >= 11 is 4.24. The van der Waals surface area contributed by atoms with E-state index in [1.807, 2.05) is 25.1 Å². The van der Waals surface area contributed by atoms with E-state index >= 15 is 0 Å². The molecule has 1 aromatic carbocycles. The highest BCUT2D eigenvalue weighted by Gasteiger charge is 1.97. The summed E-state index contributed by atoms with van der Waals surface area (Å²) in [6, 6.07) is 5.92. The van der Waals surface area contributed by atoms with Crippen LogP contribution in [0.3, 0.4) is 0 Å². The Labute approximate surface area is 84.6 Å². The maximum atomic E-state index is 4.24. The minimum absolute atomic E-state index is 0.801. The number of allylic oxidation sites excluding steroid dienone is 1. The molecule has 0 heterocycles. The average Bonchev–Trinajstić information content (AvgIpc) is 2.09. The summed E-state index contributed by atoms with van der Waals surface area (Å²) in [6.45, 7) is 9.44. The molecule has 13 heavy (non-hydrogen) atoms. The predicted octanol–water partition coefficient (Wildman–Crippen LogP) is 3.40. The highest BCUT2D eigenvalue weighted by Crippen LogP contribution is 2.19. The van der Waals surface area contributed by atoms with Crippen molar-refractivity contribution in [1.29, 1.82) is 0 Å². The molecule has 0 radical (unpaired) electrons. The lowest BCUT2D eigenvalue weighted by atomic mass is 10.2. The summed E-state index contributed by atoms with van der Waals surface area (Å²) < 4.78 is 0. The molecule has 0 amide bonds. The molecule has 1 rings (SSSR count). The number of thiol groups is 1. The highest BCUT2D eigenvalue weighted by molar-refractivity contribution is 7.80. The molecule has 1 N–H and O–H groups in total. The van der Waals surface area contributed by atoms with Gasteiger partial charge in [0.05, 0.1) is 0 Å². The van der Waals surface area contributed by atoms with Crippen LogP contribution in [0.25, 0.3) is 0 Å². The van der Waals surface area contributed by atoms with Crippen molar-refractivity contribution >= 4 is 18.3 Å². The quantitative estimate of drug-likeness (QED) is 0.551. The minimum atomic E-state index is 0.801. The van der Waals surface area contributed by atoms with Crippen LogP contribution in [0.15, 0.2) is 48.0 Å². The first-order valence-electron chi connectivity index (χ1n) is 4.01. The monoisotopic (exact) mass is 191 g/mol. The summed E-state index contributed by atoms with van der Waals surface area (Å²) in [4.78, 5) is 0.965. The van der Waals surface area contributed by atoms with Gasteiger partial charge in [0.25, 0.3) is 0 Å². The van der Waals surface area contributed by atoms with Gasteiger partial charge in [-0.2, -0.15) is 0 Å². The molecule has 0 aliphatic heterocycles. The molecule has 0 spiro atoms. The molecule has 0 aliphatic carbocycles. The number of hydrogen-bond acceptors (Lipinski definition) is 2. The summed E-state index contributed by atoms with van der Waals surface area (Å²) in [6.07, 6.45) is 1.69. The predicted molar refractivity (Wildman–Crippen MR) is 61.4 cm³/mol. The molecule has 0 aromatic heterocycles. The standard InChI is InChI=1S/C11H13NS/c1-4-9(3)12-11-6-5-10(13)7-8(11)2/h4-7,12-13H,1,3H2,2H3. The van der Waals surface area contributed by atoms with Crippen LogP contribution < -0.4 is 5.32 Å². The van der Waals surface area contributed by atoms with Crippen LogP contribution in [0.5, 0.6) is 0 Å². The molecule has 0 fully saturated rings. The number of anilines is 1. The number of nitrogens with one attached hydrogen (secondary N) is 1. The first-order valence-corrected chi connectivity index (χ1v) is 4.46. The van der Waals surface area contributed by atoms with Crippen molar-refractivity contribution in [2.45, 2.75) is 11.8 Å². The number of rotatable bonds is 3. The van der Waals surface area contributed by atoms with Crippen molar-refractivity contribution in [3.05, 3.63) is 48.7 Å². The molecule has 0 aliphatic rings. The van der Waals surface area contributed by atoms with Gasteiger partial charge >= 0.3 is 0 Å². The van der Waals surface area contributed by atoms with Gasteiger partial charge in [-0.25, -0.2) is 0 Å². The zero-order valence-electron chi connectivity index (χ0n) is 7.67. The van der Waals surface area contributed by atoms with Crippen LogP contribution in [0.2, 0.25) is 0 Å². The second kappa shape index (κ2) is 4.19. The van der Waals surface area contributed by atoms with Crippen LogP contribution in [0, 0.1) is 6.92 Å². The Bertz CT molecular complexity index is 342. The van der Waals surface area contributed by atoms with E-state index < -0.39 is 0 Å². The summed E-state index contributed by atoms with van der Waals surface area (Å²) in [5, 5.41) is 3.14. The fourth-order valence-electron chi connectivity index (χ4n) is 1.01. The number of hydrogen-bond donors (Lipinski definition) is 2. The van der Waals surface area contributed by atoms with Gasteiger partial charge in [-0.15, -0.1) is 12.6 Å². The number of benzene rings is 1. The Morgan fingerprint density at radius 3 is 2.77 bits per heavy atom. The topological polar surface area (TPSA) is 12.0 Å². The molecule has 1 nitrogen and oxygen atoms in total. The zero-order chi connectivity index (χ0) is 9.84. The minimum Gasteiger partial charge on any atom is -0.356 e. The Kier molecular flexibility index (Phi) is 3.20. The molecule has 0 bridgehead atoms. The van der Waals surface area contributed by atoms with Crippen molar-refractivity contribution in [2.24, 2.45) is 0 Å². The highest BCUT2D eigenvalue weighted by atomic mass is 32.1. The van der Waals surface area contributed by atoms with E-state index in [1.165, 1.54) is 0 Å². The van der Waals surface area contributed by atoms with Crippen molar-refractivity contribution in [1.82, 2.24) is 0 Å². The van der Waals surface area contributed by atoms with Gasteiger partial charge in [0.2, 0.25) is 0 Å². The average molecular weight is 191 g/mol. The zero-order valence-corrected chi connectivity index (χ0v) is 8.57. The Hall–Kier alpha value is -1.15. The second-order valence-electron chi connectivity index (χ2n) is 2.85. The van der Waals surface area contributed by atoms with Crippen molar-refractivity contribution in [3.8, 4) is 0 Å². The SMILES string of the molecule is C=CC(=C)Nc1ccc(S)cc1C. The van der Waals surface area contributed by atoms with E-state index in [2.05, 4.69) is 31.1 Å². The van der Waals surface area contributed by atoms with Gasteiger partial charge in [-0.05, 0) is 36.8 Å². The van der Waals surface area contributed by atoms with Gasteiger partial charge in [-0.1, -0.05) is 13.2 Å². The normalized spacial score (nSPS) is 9.38. The molecule has 0 saturated heterocycles. The van der Waals surface area contributed by atoms with Gasteiger partial charge in [0, 0.05) is 16.3 Å². The van der Waals surface area contributed by atoms with Crippen molar-refractivity contribution < 1.29 is 0 Å². The first-order chi connectivity index (χ1) is 6.13. The van der Waals surface area contributed by atoms with Crippen LogP contribution in [0.1, 0.15) is 5.56 Å². The summed E-state index contributed by atoms with van der Waals surface area (Å²) in [5.41, 5.74) is 2.99. The van der Waals surface area contributed by atoms with Gasteiger partial charge in [0.1, 0.15) is 0 Å². The van der Waals surface area contributed by atoms with E-state index in [0.717, 1.165) is 21.8 Å².